The van der Waals surface area contributed by atoms with E-state index in [0.29, 0.717) is 6.26 Å². The Hall–Kier alpha value is -1.25. The number of halogens is 1. The van der Waals surface area contributed by atoms with E-state index in [1.54, 1.807) is 6.08 Å². The van der Waals surface area contributed by atoms with Crippen molar-refractivity contribution in [2.45, 2.75) is 19.8 Å². The largest absolute Gasteiger partial charge is 0.516 e. The number of aliphatic hydroxyl groups excluding tert-OH is 1. The highest BCUT2D eigenvalue weighted by Crippen LogP contribution is 2.05. The fourth-order valence-electron chi connectivity index (χ4n) is 0.610. The average molecular weight is 171 g/mol. The maximum Gasteiger partial charge on any atom is 0.145 e. The van der Waals surface area contributed by atoms with E-state index in [1.165, 1.54) is 6.08 Å². The Balaban J connectivity index is 4.15. The maximum absolute atomic E-state index is 12.8. The normalized spacial score (nSPS) is 14.2. The van der Waals surface area contributed by atoms with Crippen LogP contribution in [-0.4, -0.2) is 5.11 Å². The van der Waals surface area contributed by atoms with Crippen molar-refractivity contribution < 1.29 is 9.50 Å². The average Bonchev–Trinajstić information content (AvgIpc) is 2.05. The number of unbranched alkanes of at least 4 members (excludes halogenated alkanes) is 1. The molecule has 0 atom stereocenters. The molecule has 0 saturated carbocycles. The van der Waals surface area contributed by atoms with Crippen molar-refractivity contribution in [2.24, 2.45) is 5.73 Å². The Bertz CT molecular complexity index is 207. The van der Waals surface area contributed by atoms with Gasteiger partial charge in [0.25, 0.3) is 0 Å². The monoisotopic (exact) mass is 171 g/mol. The molecule has 0 aromatic carbocycles. The van der Waals surface area contributed by atoms with Crippen LogP contribution in [0.1, 0.15) is 19.8 Å². The summed E-state index contributed by atoms with van der Waals surface area (Å²) in [6.07, 6.45) is 6.61. The van der Waals surface area contributed by atoms with Gasteiger partial charge in [0.2, 0.25) is 0 Å². The van der Waals surface area contributed by atoms with Crippen LogP contribution in [0.2, 0.25) is 0 Å². The van der Waals surface area contributed by atoms with Gasteiger partial charge in [-0.15, -0.1) is 0 Å². The van der Waals surface area contributed by atoms with Crippen molar-refractivity contribution >= 4 is 0 Å². The van der Waals surface area contributed by atoms with E-state index in [1.807, 2.05) is 6.92 Å². The fraction of sp³-hybridized carbons (Fsp3) is 0.333. The van der Waals surface area contributed by atoms with Crippen LogP contribution in [0, 0.1) is 0 Å². The van der Waals surface area contributed by atoms with Crippen LogP contribution in [0.3, 0.4) is 0 Å². The smallest absolute Gasteiger partial charge is 0.145 e. The van der Waals surface area contributed by atoms with Crippen molar-refractivity contribution in [3.63, 3.8) is 0 Å². The van der Waals surface area contributed by atoms with Gasteiger partial charge in [-0.1, -0.05) is 19.4 Å². The molecule has 0 heterocycles. The van der Waals surface area contributed by atoms with Crippen molar-refractivity contribution in [3.8, 4) is 0 Å². The summed E-state index contributed by atoms with van der Waals surface area (Å²) in [7, 11) is 0. The minimum Gasteiger partial charge on any atom is -0.516 e. The van der Waals surface area contributed by atoms with Gasteiger partial charge < -0.3 is 10.8 Å². The van der Waals surface area contributed by atoms with Crippen LogP contribution >= 0.6 is 0 Å². The molecule has 0 aliphatic carbocycles. The molecule has 0 spiro atoms. The van der Waals surface area contributed by atoms with Crippen molar-refractivity contribution in [3.05, 3.63) is 36.0 Å². The first-order valence-corrected chi connectivity index (χ1v) is 3.85. The van der Waals surface area contributed by atoms with E-state index in [2.05, 4.69) is 0 Å². The molecule has 68 valence electrons. The van der Waals surface area contributed by atoms with E-state index >= 15 is 0 Å². The van der Waals surface area contributed by atoms with Crippen LogP contribution < -0.4 is 5.73 Å². The molecular weight excluding hydrogens is 157 g/mol. The van der Waals surface area contributed by atoms with Gasteiger partial charge >= 0.3 is 0 Å². The SMILES string of the molecule is CCC/C=C/C(F)=C(N)\C=C/O. The summed E-state index contributed by atoms with van der Waals surface area (Å²) in [6, 6.07) is 0. The number of hydrogen-bond acceptors (Lipinski definition) is 2. The number of hydrogen-bond donors (Lipinski definition) is 2. The van der Waals surface area contributed by atoms with Crippen LogP contribution in [-0.2, 0) is 0 Å². The summed E-state index contributed by atoms with van der Waals surface area (Å²) in [5, 5.41) is 8.27. The molecule has 3 heteroatoms. The second kappa shape index (κ2) is 6.46. The van der Waals surface area contributed by atoms with E-state index in [4.69, 9.17) is 10.8 Å². The standard InChI is InChI=1S/C9H14FNO/c1-2-3-4-5-8(10)9(11)6-7-12/h4-7,12H,2-3,11H2,1H3/b5-4+,7-6-,9-8-. The molecule has 0 saturated heterocycles. The lowest BCUT2D eigenvalue weighted by Crippen LogP contribution is -1.94. The highest BCUT2D eigenvalue weighted by Gasteiger charge is 1.92. The minimum absolute atomic E-state index is 0.0650. The van der Waals surface area contributed by atoms with E-state index in [9.17, 15) is 4.39 Å². The fourth-order valence-corrected chi connectivity index (χ4v) is 0.610. The summed E-state index contributed by atoms with van der Waals surface area (Å²) in [4.78, 5) is 0. The molecule has 0 unspecified atom stereocenters. The van der Waals surface area contributed by atoms with E-state index in [-0.39, 0.29) is 5.70 Å². The van der Waals surface area contributed by atoms with Crippen molar-refractivity contribution in [1.29, 1.82) is 0 Å². The third-order valence-electron chi connectivity index (χ3n) is 1.25. The molecule has 0 aromatic heterocycles. The second-order valence-corrected chi connectivity index (χ2v) is 2.31. The molecule has 12 heavy (non-hydrogen) atoms. The number of allylic oxidation sites excluding steroid dienone is 4. The first-order valence-electron chi connectivity index (χ1n) is 3.85. The third-order valence-corrected chi connectivity index (χ3v) is 1.25. The summed E-state index contributed by atoms with van der Waals surface area (Å²) in [5.41, 5.74) is 5.15. The van der Waals surface area contributed by atoms with Gasteiger partial charge in [0.05, 0.1) is 12.0 Å². The number of nitrogens with two attached hydrogens (primary N) is 1. The van der Waals surface area contributed by atoms with E-state index < -0.39 is 5.83 Å². The highest BCUT2D eigenvalue weighted by atomic mass is 19.1. The Labute approximate surface area is 71.9 Å². The van der Waals surface area contributed by atoms with Gasteiger partial charge in [-0.2, -0.15) is 0 Å². The quantitative estimate of drug-likeness (QED) is 0.504. The lowest BCUT2D eigenvalue weighted by atomic mass is 10.3. The van der Waals surface area contributed by atoms with Gasteiger partial charge in [-0.3, -0.25) is 0 Å². The molecule has 0 aromatic rings. The van der Waals surface area contributed by atoms with E-state index in [0.717, 1.165) is 18.9 Å². The molecule has 0 aliphatic heterocycles. The zero-order valence-electron chi connectivity index (χ0n) is 7.13. The molecule has 2 nitrogen and oxygen atoms in total. The third kappa shape index (κ3) is 4.55. The molecule has 0 bridgehead atoms. The Morgan fingerprint density at radius 2 is 2.17 bits per heavy atom. The zero-order chi connectivity index (χ0) is 9.40. The second-order valence-electron chi connectivity index (χ2n) is 2.31. The predicted molar refractivity (Wildman–Crippen MR) is 48.1 cm³/mol. The molecule has 0 amide bonds. The Morgan fingerprint density at radius 3 is 2.67 bits per heavy atom. The zero-order valence-corrected chi connectivity index (χ0v) is 7.13. The Morgan fingerprint density at radius 1 is 1.50 bits per heavy atom. The first kappa shape index (κ1) is 10.8. The van der Waals surface area contributed by atoms with Gasteiger partial charge in [-0.05, 0) is 18.6 Å². The van der Waals surface area contributed by atoms with Crippen molar-refractivity contribution in [1.82, 2.24) is 0 Å². The first-order chi connectivity index (χ1) is 5.72. The van der Waals surface area contributed by atoms with Crippen molar-refractivity contribution in [2.75, 3.05) is 0 Å². The molecular formula is C9H14FNO. The summed E-state index contributed by atoms with van der Waals surface area (Å²) in [6.45, 7) is 2.00. The lowest BCUT2D eigenvalue weighted by Gasteiger charge is -1.92. The van der Waals surface area contributed by atoms with Gasteiger partial charge in [-0.25, -0.2) is 4.39 Å². The highest BCUT2D eigenvalue weighted by molar-refractivity contribution is 5.25. The van der Waals surface area contributed by atoms with Crippen LogP contribution in [0.15, 0.2) is 36.0 Å². The molecule has 0 rings (SSSR count). The summed E-state index contributed by atoms with van der Waals surface area (Å²) < 4.78 is 12.8. The van der Waals surface area contributed by atoms with Crippen LogP contribution in [0.25, 0.3) is 0 Å². The summed E-state index contributed by atoms with van der Waals surface area (Å²) in [5.74, 6) is -0.520. The summed E-state index contributed by atoms with van der Waals surface area (Å²) >= 11 is 0. The number of rotatable bonds is 4. The lowest BCUT2D eigenvalue weighted by molar-refractivity contribution is 0.472. The molecule has 3 N–H and O–H groups in total. The van der Waals surface area contributed by atoms with Crippen LogP contribution in [0.4, 0.5) is 4.39 Å². The number of aliphatic hydroxyl groups is 1. The molecule has 0 radical (unpaired) electrons. The van der Waals surface area contributed by atoms with Crippen LogP contribution in [0.5, 0.6) is 0 Å². The van der Waals surface area contributed by atoms with Gasteiger partial charge in [0.15, 0.2) is 0 Å². The van der Waals surface area contributed by atoms with Gasteiger partial charge in [0.1, 0.15) is 5.83 Å². The topological polar surface area (TPSA) is 46.2 Å². The minimum atomic E-state index is -0.520. The molecule has 0 fully saturated rings. The predicted octanol–water partition coefficient (Wildman–Crippen LogP) is 2.55. The van der Waals surface area contributed by atoms with Gasteiger partial charge in [0, 0.05) is 0 Å². The maximum atomic E-state index is 12.8. The Kier molecular flexibility index (Phi) is 5.79. The molecule has 0 aliphatic rings.